The van der Waals surface area contributed by atoms with Crippen LogP contribution in [0.1, 0.15) is 46.1 Å². The van der Waals surface area contributed by atoms with E-state index in [-0.39, 0.29) is 11.6 Å². The molecule has 2 N–H and O–H groups in total. The molecule has 1 atom stereocenters. The minimum atomic E-state index is -0.276. The molecule has 2 aliphatic carbocycles. The van der Waals surface area contributed by atoms with Crippen LogP contribution in [-0.2, 0) is 18.4 Å². The average Bonchev–Trinajstić information content (AvgIpc) is 3.04. The van der Waals surface area contributed by atoms with Crippen LogP contribution in [0.3, 0.4) is 0 Å². The summed E-state index contributed by atoms with van der Waals surface area (Å²) < 4.78 is 2.23. The van der Waals surface area contributed by atoms with E-state index in [1.807, 2.05) is 36.5 Å². The molecule has 0 unspecified atom stereocenters. The molecular formula is C20H18ClN5S. The monoisotopic (exact) mass is 395 g/mol. The number of halogens is 1. The number of nitrogens with two attached hydrogens (primary N) is 1. The van der Waals surface area contributed by atoms with Gasteiger partial charge in [0.2, 0.25) is 0 Å². The third-order valence-electron chi connectivity index (χ3n) is 5.85. The van der Waals surface area contributed by atoms with Crippen LogP contribution >= 0.6 is 22.9 Å². The smallest absolute Gasteiger partial charge is 0.166 e. The minimum Gasteiger partial charge on any atom is -0.327 e. The van der Waals surface area contributed by atoms with Crippen molar-refractivity contribution in [2.75, 3.05) is 0 Å². The van der Waals surface area contributed by atoms with E-state index in [9.17, 15) is 0 Å². The van der Waals surface area contributed by atoms with Gasteiger partial charge >= 0.3 is 0 Å². The number of aryl methyl sites for hydroxylation is 1. The first-order chi connectivity index (χ1) is 13.1. The van der Waals surface area contributed by atoms with Crippen LogP contribution < -0.4 is 5.73 Å². The highest BCUT2D eigenvalue weighted by atomic mass is 35.5. The average molecular weight is 396 g/mol. The summed E-state index contributed by atoms with van der Waals surface area (Å²) in [5, 5.41) is 10.8. The predicted octanol–water partition coefficient (Wildman–Crippen LogP) is 3.56. The van der Waals surface area contributed by atoms with Crippen LogP contribution in [0.15, 0.2) is 29.3 Å². The maximum atomic E-state index is 6.62. The summed E-state index contributed by atoms with van der Waals surface area (Å²) in [7, 11) is 0. The molecule has 3 aliphatic rings. The van der Waals surface area contributed by atoms with E-state index in [1.165, 1.54) is 21.0 Å². The first-order valence-electron chi connectivity index (χ1n) is 9.25. The zero-order chi connectivity index (χ0) is 18.3. The van der Waals surface area contributed by atoms with E-state index in [0.717, 1.165) is 53.6 Å². The quantitative estimate of drug-likeness (QED) is 0.685. The molecule has 5 nitrogen and oxygen atoms in total. The SMILES string of the molecule is Cc1nnc2n1-c1sc3c(c1C(c1ccccc1Cl)=NC21CC1)C[C@H](N)C3. The molecule has 27 heavy (non-hydrogen) atoms. The third kappa shape index (κ3) is 2.12. The number of benzene rings is 1. The summed E-state index contributed by atoms with van der Waals surface area (Å²) in [5.41, 5.74) is 10.5. The Kier molecular flexibility index (Phi) is 3.12. The number of rotatable bonds is 1. The molecule has 1 saturated carbocycles. The van der Waals surface area contributed by atoms with Crippen molar-refractivity contribution in [3.8, 4) is 5.00 Å². The third-order valence-corrected chi connectivity index (χ3v) is 7.41. The Morgan fingerprint density at radius 2 is 2.04 bits per heavy atom. The number of hydrogen-bond acceptors (Lipinski definition) is 5. The summed E-state index contributed by atoms with van der Waals surface area (Å²) in [4.78, 5) is 6.65. The minimum absolute atomic E-state index is 0.184. The highest BCUT2D eigenvalue weighted by molar-refractivity contribution is 7.15. The second-order valence-corrected chi connectivity index (χ2v) is 9.22. The van der Waals surface area contributed by atoms with Gasteiger partial charge in [0.05, 0.1) is 5.71 Å². The Hall–Kier alpha value is -2.02. The van der Waals surface area contributed by atoms with Crippen molar-refractivity contribution < 1.29 is 0 Å². The largest absolute Gasteiger partial charge is 0.327 e. The van der Waals surface area contributed by atoms with Gasteiger partial charge in [-0.3, -0.25) is 9.56 Å². The molecule has 0 bridgehead atoms. The van der Waals surface area contributed by atoms with Gasteiger partial charge in [-0.15, -0.1) is 21.5 Å². The van der Waals surface area contributed by atoms with Gasteiger partial charge in [-0.1, -0.05) is 29.8 Å². The lowest BCUT2D eigenvalue weighted by atomic mass is 9.98. The summed E-state index contributed by atoms with van der Waals surface area (Å²) in [6, 6.07) is 8.18. The normalized spacial score (nSPS) is 21.4. The molecule has 136 valence electrons. The van der Waals surface area contributed by atoms with E-state index < -0.39 is 0 Å². The number of fused-ring (bicyclic) bond motifs is 6. The summed E-state index contributed by atoms with van der Waals surface area (Å²) in [5.74, 6) is 1.88. The molecule has 3 aromatic rings. The zero-order valence-electron chi connectivity index (χ0n) is 14.9. The Morgan fingerprint density at radius 1 is 1.22 bits per heavy atom. The lowest BCUT2D eigenvalue weighted by molar-refractivity contribution is 0.661. The van der Waals surface area contributed by atoms with Crippen LogP contribution in [-0.4, -0.2) is 26.5 Å². The van der Waals surface area contributed by atoms with Crippen LogP contribution in [0.4, 0.5) is 0 Å². The van der Waals surface area contributed by atoms with Crippen molar-refractivity contribution in [2.45, 2.75) is 44.2 Å². The molecule has 0 saturated heterocycles. The van der Waals surface area contributed by atoms with E-state index in [4.69, 9.17) is 22.3 Å². The summed E-state index contributed by atoms with van der Waals surface area (Å²) in [6.45, 7) is 2.02. The molecule has 0 radical (unpaired) electrons. The highest BCUT2D eigenvalue weighted by Gasteiger charge is 2.52. The topological polar surface area (TPSA) is 69.1 Å². The fourth-order valence-corrected chi connectivity index (χ4v) is 6.08. The molecule has 0 amide bonds. The van der Waals surface area contributed by atoms with Crippen LogP contribution in [0.5, 0.6) is 0 Å². The van der Waals surface area contributed by atoms with Crippen molar-refractivity contribution >= 4 is 28.6 Å². The standard InChI is InChI=1S/C20H18ClN5S/c1-10-24-25-19-20(6-7-20)23-17(12-4-2-3-5-14(12)21)16-13-8-11(22)9-15(13)27-18(16)26(10)19/h2-5,11H,6-9,22H2,1H3/t11-/m0/s1. The van der Waals surface area contributed by atoms with E-state index in [2.05, 4.69) is 20.8 Å². The van der Waals surface area contributed by atoms with Crippen LogP contribution in [0.25, 0.3) is 5.00 Å². The second kappa shape index (κ2) is 5.28. The van der Waals surface area contributed by atoms with Crippen molar-refractivity contribution in [1.29, 1.82) is 0 Å². The lowest BCUT2D eigenvalue weighted by Crippen LogP contribution is -2.20. The number of thiophene rings is 1. The molecule has 1 aliphatic heterocycles. The van der Waals surface area contributed by atoms with E-state index >= 15 is 0 Å². The molecule has 1 aromatic carbocycles. The van der Waals surface area contributed by atoms with Gasteiger partial charge < -0.3 is 5.73 Å². The van der Waals surface area contributed by atoms with Gasteiger partial charge in [0, 0.05) is 27.1 Å². The molecule has 1 fully saturated rings. The van der Waals surface area contributed by atoms with Crippen molar-refractivity contribution in [2.24, 2.45) is 10.7 Å². The number of aromatic nitrogens is 3. The van der Waals surface area contributed by atoms with Crippen LogP contribution in [0, 0.1) is 6.92 Å². The number of nitrogens with zero attached hydrogens (tertiary/aromatic N) is 4. The number of aliphatic imine (C=N–C) groups is 1. The highest BCUT2D eigenvalue weighted by Crippen LogP contribution is 2.53. The fraction of sp³-hybridized carbons (Fsp3) is 0.350. The van der Waals surface area contributed by atoms with Gasteiger partial charge in [0.1, 0.15) is 16.4 Å². The zero-order valence-corrected chi connectivity index (χ0v) is 16.4. The predicted molar refractivity (Wildman–Crippen MR) is 107 cm³/mol. The van der Waals surface area contributed by atoms with Gasteiger partial charge in [0.25, 0.3) is 0 Å². The Bertz CT molecular complexity index is 1140. The second-order valence-electron chi connectivity index (χ2n) is 7.73. The lowest BCUT2D eigenvalue weighted by Gasteiger charge is -2.12. The maximum absolute atomic E-state index is 6.62. The van der Waals surface area contributed by atoms with E-state index in [0.29, 0.717) is 0 Å². The maximum Gasteiger partial charge on any atom is 0.166 e. The molecule has 6 rings (SSSR count). The van der Waals surface area contributed by atoms with Crippen LogP contribution in [0.2, 0.25) is 5.02 Å². The molecule has 3 heterocycles. The first-order valence-corrected chi connectivity index (χ1v) is 10.4. The molecular weight excluding hydrogens is 378 g/mol. The Labute approximate surface area is 165 Å². The Morgan fingerprint density at radius 3 is 2.81 bits per heavy atom. The first kappa shape index (κ1) is 16.0. The molecule has 7 heteroatoms. The van der Waals surface area contributed by atoms with Gasteiger partial charge in [-0.05, 0) is 44.2 Å². The van der Waals surface area contributed by atoms with Crippen molar-refractivity contribution in [3.05, 3.63) is 62.5 Å². The number of hydrogen-bond donors (Lipinski definition) is 1. The summed E-state index contributed by atoms with van der Waals surface area (Å²) in [6.07, 6.45) is 3.80. The van der Waals surface area contributed by atoms with Gasteiger partial charge in [0.15, 0.2) is 5.82 Å². The molecule has 1 spiro atoms. The summed E-state index contributed by atoms with van der Waals surface area (Å²) >= 11 is 8.43. The fourth-order valence-electron chi connectivity index (χ4n) is 4.38. The van der Waals surface area contributed by atoms with Crippen molar-refractivity contribution in [3.63, 3.8) is 0 Å². The van der Waals surface area contributed by atoms with Crippen molar-refractivity contribution in [1.82, 2.24) is 14.8 Å². The Balaban J connectivity index is 1.72. The van der Waals surface area contributed by atoms with Gasteiger partial charge in [-0.25, -0.2) is 0 Å². The van der Waals surface area contributed by atoms with E-state index in [1.54, 1.807) is 0 Å². The van der Waals surface area contributed by atoms with Gasteiger partial charge in [-0.2, -0.15) is 0 Å². The molecule has 2 aromatic heterocycles.